The zero-order valence-electron chi connectivity index (χ0n) is 14.8. The van der Waals surface area contributed by atoms with Crippen molar-refractivity contribution in [1.82, 2.24) is 19.8 Å². The highest BCUT2D eigenvalue weighted by Gasteiger charge is 2.30. The topological polar surface area (TPSA) is 114 Å². The zero-order valence-corrected chi connectivity index (χ0v) is 14.8. The molecule has 1 saturated carbocycles. The maximum Gasteiger partial charge on any atom is 0.328 e. The van der Waals surface area contributed by atoms with E-state index >= 15 is 0 Å². The van der Waals surface area contributed by atoms with Gasteiger partial charge in [-0.3, -0.25) is 23.9 Å². The Kier molecular flexibility index (Phi) is 5.55. The van der Waals surface area contributed by atoms with Crippen molar-refractivity contribution >= 4 is 11.8 Å². The first-order valence-corrected chi connectivity index (χ1v) is 8.91. The minimum absolute atomic E-state index is 0.0833. The number of hydrogen-bond donors (Lipinski definition) is 2. The van der Waals surface area contributed by atoms with E-state index in [1.807, 2.05) is 0 Å². The van der Waals surface area contributed by atoms with Crippen molar-refractivity contribution in [2.45, 2.75) is 51.2 Å². The molecule has 0 spiro atoms. The van der Waals surface area contributed by atoms with Crippen molar-refractivity contribution in [1.29, 1.82) is 0 Å². The van der Waals surface area contributed by atoms with Gasteiger partial charge in [0, 0.05) is 30.8 Å². The van der Waals surface area contributed by atoms with Crippen molar-refractivity contribution in [3.05, 3.63) is 32.6 Å². The number of rotatable bonds is 5. The van der Waals surface area contributed by atoms with E-state index in [0.29, 0.717) is 25.3 Å². The van der Waals surface area contributed by atoms with Gasteiger partial charge in [0.1, 0.15) is 6.54 Å². The first-order chi connectivity index (χ1) is 12.4. The van der Waals surface area contributed by atoms with Crippen molar-refractivity contribution in [2.24, 2.45) is 0 Å². The molecule has 1 aliphatic carbocycles. The van der Waals surface area contributed by atoms with E-state index in [0.717, 1.165) is 19.3 Å². The normalized spacial score (nSPS) is 20.5. The Morgan fingerprint density at radius 3 is 2.81 bits per heavy atom. The van der Waals surface area contributed by atoms with Crippen LogP contribution in [0, 0.1) is 6.92 Å². The lowest BCUT2D eigenvalue weighted by molar-refractivity contribution is -0.142. The molecule has 3 rings (SSSR count). The van der Waals surface area contributed by atoms with Gasteiger partial charge in [0.15, 0.2) is 0 Å². The molecule has 9 nitrogen and oxygen atoms in total. The van der Waals surface area contributed by atoms with Gasteiger partial charge in [-0.1, -0.05) is 0 Å². The van der Waals surface area contributed by atoms with Crippen LogP contribution >= 0.6 is 0 Å². The summed E-state index contributed by atoms with van der Waals surface area (Å²) in [6.07, 6.45) is 4.70. The summed E-state index contributed by atoms with van der Waals surface area (Å²) >= 11 is 0. The van der Waals surface area contributed by atoms with Crippen molar-refractivity contribution in [3.63, 3.8) is 0 Å². The molecule has 0 aromatic carbocycles. The molecule has 2 N–H and O–H groups in total. The average molecular weight is 364 g/mol. The summed E-state index contributed by atoms with van der Waals surface area (Å²) in [5, 5.41) is 2.97. The van der Waals surface area contributed by atoms with Gasteiger partial charge < -0.3 is 15.0 Å². The summed E-state index contributed by atoms with van der Waals surface area (Å²) in [5.74, 6) is -0.358. The Morgan fingerprint density at radius 2 is 2.12 bits per heavy atom. The summed E-state index contributed by atoms with van der Waals surface area (Å²) in [6, 6.07) is -0.102. The summed E-state index contributed by atoms with van der Waals surface area (Å²) in [7, 11) is 0. The molecule has 2 heterocycles. The summed E-state index contributed by atoms with van der Waals surface area (Å²) < 4.78 is 6.61. The maximum atomic E-state index is 12.7. The molecule has 1 aromatic heterocycles. The van der Waals surface area contributed by atoms with Gasteiger partial charge in [-0.15, -0.1) is 0 Å². The highest BCUT2D eigenvalue weighted by atomic mass is 16.5. The van der Waals surface area contributed by atoms with Gasteiger partial charge in [-0.25, -0.2) is 4.79 Å². The fraction of sp³-hybridized carbons (Fsp3) is 0.647. The van der Waals surface area contributed by atoms with Crippen LogP contribution in [-0.2, 0) is 20.9 Å². The second-order valence-electron chi connectivity index (χ2n) is 6.91. The Morgan fingerprint density at radius 1 is 1.35 bits per heavy atom. The van der Waals surface area contributed by atoms with Gasteiger partial charge in [0.05, 0.1) is 19.3 Å². The number of carbonyl (C=O) groups excluding carboxylic acids is 2. The first-order valence-electron chi connectivity index (χ1n) is 8.91. The fourth-order valence-corrected chi connectivity index (χ4v) is 3.18. The molecular formula is C17H24N4O5. The Hall–Kier alpha value is -2.42. The molecule has 26 heavy (non-hydrogen) atoms. The number of aryl methyl sites for hydroxylation is 1. The van der Waals surface area contributed by atoms with Crippen LogP contribution in [0.15, 0.2) is 15.8 Å². The molecule has 1 aliphatic heterocycles. The Bertz CT molecular complexity index is 795. The Balaban J connectivity index is 1.65. The molecule has 9 heteroatoms. The van der Waals surface area contributed by atoms with E-state index in [4.69, 9.17) is 4.74 Å². The van der Waals surface area contributed by atoms with Crippen molar-refractivity contribution in [2.75, 3.05) is 19.8 Å². The van der Waals surface area contributed by atoms with Gasteiger partial charge in [0.25, 0.3) is 5.56 Å². The van der Waals surface area contributed by atoms with E-state index in [1.165, 1.54) is 10.8 Å². The van der Waals surface area contributed by atoms with E-state index in [2.05, 4.69) is 10.3 Å². The highest BCUT2D eigenvalue weighted by molar-refractivity contribution is 5.80. The molecule has 1 saturated heterocycles. The van der Waals surface area contributed by atoms with Crippen LogP contribution in [0.1, 0.15) is 31.2 Å². The molecule has 142 valence electrons. The third-order valence-electron chi connectivity index (χ3n) is 4.93. The maximum absolute atomic E-state index is 12.7. The molecule has 1 atom stereocenters. The van der Waals surface area contributed by atoms with Crippen LogP contribution in [-0.4, -0.2) is 58.1 Å². The summed E-state index contributed by atoms with van der Waals surface area (Å²) in [4.78, 5) is 52.0. The quantitative estimate of drug-likeness (QED) is 0.705. The highest BCUT2D eigenvalue weighted by Crippen LogP contribution is 2.19. The molecule has 2 fully saturated rings. The van der Waals surface area contributed by atoms with Crippen LogP contribution in [0.4, 0.5) is 0 Å². The average Bonchev–Trinajstić information content (AvgIpc) is 2.56. The Labute approximate surface area is 150 Å². The number of aromatic nitrogens is 2. The van der Waals surface area contributed by atoms with E-state index in [1.54, 1.807) is 11.8 Å². The summed E-state index contributed by atoms with van der Waals surface area (Å²) in [6.45, 7) is 2.45. The van der Waals surface area contributed by atoms with Crippen molar-refractivity contribution < 1.29 is 14.3 Å². The molecule has 0 bridgehead atoms. The number of morpholine rings is 1. The lowest BCUT2D eigenvalue weighted by Gasteiger charge is -2.36. The van der Waals surface area contributed by atoms with Gasteiger partial charge >= 0.3 is 5.69 Å². The fourth-order valence-electron chi connectivity index (χ4n) is 3.18. The van der Waals surface area contributed by atoms with E-state index in [-0.39, 0.29) is 36.9 Å². The first kappa shape index (κ1) is 18.4. The number of hydrogen-bond acceptors (Lipinski definition) is 5. The zero-order chi connectivity index (χ0) is 18.7. The van der Waals surface area contributed by atoms with E-state index < -0.39 is 11.2 Å². The lowest BCUT2D eigenvalue weighted by Crippen LogP contribution is -2.53. The van der Waals surface area contributed by atoms with Crippen LogP contribution < -0.4 is 16.6 Å². The molecule has 2 aliphatic rings. The number of ether oxygens (including phenoxy) is 1. The second-order valence-corrected chi connectivity index (χ2v) is 6.91. The SMILES string of the molecule is Cc1cn(CC(=O)N2CCOCC2CC(=O)NC2CCC2)c(=O)[nH]c1=O. The van der Waals surface area contributed by atoms with Crippen molar-refractivity contribution in [3.8, 4) is 0 Å². The molecule has 1 aromatic rings. The number of amides is 2. The monoisotopic (exact) mass is 364 g/mol. The number of H-pyrrole nitrogens is 1. The van der Waals surface area contributed by atoms with Gasteiger partial charge in [0.2, 0.25) is 11.8 Å². The molecule has 0 radical (unpaired) electrons. The van der Waals surface area contributed by atoms with Crippen LogP contribution in [0.5, 0.6) is 0 Å². The number of nitrogens with zero attached hydrogens (tertiary/aromatic N) is 2. The largest absolute Gasteiger partial charge is 0.377 e. The minimum atomic E-state index is -0.624. The van der Waals surface area contributed by atoms with E-state index in [9.17, 15) is 19.2 Å². The number of carbonyl (C=O) groups is 2. The predicted molar refractivity (Wildman–Crippen MR) is 92.8 cm³/mol. The van der Waals surface area contributed by atoms with Crippen LogP contribution in [0.25, 0.3) is 0 Å². The minimum Gasteiger partial charge on any atom is -0.377 e. The smallest absolute Gasteiger partial charge is 0.328 e. The number of nitrogens with one attached hydrogen (secondary N) is 2. The molecule has 2 amide bonds. The molecule has 1 unspecified atom stereocenters. The number of aromatic amines is 1. The molecular weight excluding hydrogens is 340 g/mol. The van der Waals surface area contributed by atoms with Gasteiger partial charge in [-0.05, 0) is 26.2 Å². The predicted octanol–water partition coefficient (Wildman–Crippen LogP) is -0.869. The van der Waals surface area contributed by atoms with Crippen LogP contribution in [0.2, 0.25) is 0 Å². The lowest BCUT2D eigenvalue weighted by atomic mass is 9.93. The second kappa shape index (κ2) is 7.86. The standard InChI is InChI=1S/C17H24N4O5/c1-11-8-20(17(25)19-16(11)24)9-15(23)21-5-6-26-10-13(21)7-14(22)18-12-3-2-4-12/h8,12-13H,2-7,9-10H2,1H3,(H,18,22)(H,19,24,25). The van der Waals surface area contributed by atoms with Gasteiger partial charge in [-0.2, -0.15) is 0 Å². The third kappa shape index (κ3) is 4.21. The van der Waals surface area contributed by atoms with Crippen LogP contribution in [0.3, 0.4) is 0 Å². The third-order valence-corrected chi connectivity index (χ3v) is 4.93. The summed E-state index contributed by atoms with van der Waals surface area (Å²) in [5.41, 5.74) is -0.729.